The van der Waals surface area contributed by atoms with Crippen LogP contribution in [0, 0.1) is 6.92 Å². The van der Waals surface area contributed by atoms with Crippen molar-refractivity contribution in [2.75, 3.05) is 6.54 Å². The van der Waals surface area contributed by atoms with Crippen molar-refractivity contribution in [3.63, 3.8) is 0 Å². The molecule has 1 aliphatic rings. The summed E-state index contributed by atoms with van der Waals surface area (Å²) in [6.45, 7) is 2.61. The number of nitrogens with one attached hydrogen (secondary N) is 1. The van der Waals surface area contributed by atoms with Gasteiger partial charge >= 0.3 is 0 Å². The van der Waals surface area contributed by atoms with Gasteiger partial charge in [-0.1, -0.05) is 42.5 Å². The number of amides is 1. The number of para-hydroxylation sites is 1. The van der Waals surface area contributed by atoms with E-state index in [2.05, 4.69) is 39.9 Å². The van der Waals surface area contributed by atoms with Gasteiger partial charge in [-0.2, -0.15) is 0 Å². The molecule has 0 fully saturated rings. The molecule has 1 aliphatic heterocycles. The summed E-state index contributed by atoms with van der Waals surface area (Å²) < 4.78 is 5.72. The van der Waals surface area contributed by atoms with Gasteiger partial charge in [-0.3, -0.25) is 4.79 Å². The van der Waals surface area contributed by atoms with Crippen LogP contribution in [0.2, 0.25) is 0 Å². The predicted octanol–water partition coefficient (Wildman–Crippen LogP) is 3.78. The maximum Gasteiger partial charge on any atom is 0.261 e. The van der Waals surface area contributed by atoms with Crippen LogP contribution in [0.5, 0.6) is 5.75 Å². The Labute approximate surface area is 156 Å². The Morgan fingerprint density at radius 1 is 1.23 bits per heavy atom. The van der Waals surface area contributed by atoms with Crippen molar-refractivity contribution in [1.82, 2.24) is 10.3 Å². The predicted molar refractivity (Wildman–Crippen MR) is 104 cm³/mol. The van der Waals surface area contributed by atoms with E-state index in [1.54, 1.807) is 11.3 Å². The number of fused-ring (bicyclic) bond motifs is 1. The summed E-state index contributed by atoms with van der Waals surface area (Å²) >= 11 is 1.66. The van der Waals surface area contributed by atoms with Crippen molar-refractivity contribution in [2.45, 2.75) is 25.9 Å². The maximum absolute atomic E-state index is 12.3. The van der Waals surface area contributed by atoms with Crippen molar-refractivity contribution in [2.24, 2.45) is 0 Å². The van der Waals surface area contributed by atoms with Gasteiger partial charge in [-0.05, 0) is 30.5 Å². The SMILES string of the molecule is Cc1nc(-c2ccc(CCNC(=O)C3Cc4ccccc4O3)cc2)cs1. The lowest BCUT2D eigenvalue weighted by Crippen LogP contribution is -2.38. The molecule has 0 bridgehead atoms. The first-order valence-corrected chi connectivity index (χ1v) is 9.61. The Kier molecular flexibility index (Phi) is 4.71. The van der Waals surface area contributed by atoms with Crippen LogP contribution >= 0.6 is 11.3 Å². The molecule has 0 aliphatic carbocycles. The maximum atomic E-state index is 12.3. The number of thiazole rings is 1. The number of aromatic nitrogens is 1. The Hall–Kier alpha value is -2.66. The van der Waals surface area contributed by atoms with E-state index in [9.17, 15) is 4.79 Å². The normalized spacial score (nSPS) is 15.3. The molecule has 0 radical (unpaired) electrons. The lowest BCUT2D eigenvalue weighted by molar-refractivity contribution is -0.127. The molecule has 3 aromatic rings. The van der Waals surface area contributed by atoms with Gasteiger partial charge in [0.2, 0.25) is 0 Å². The highest BCUT2D eigenvalue weighted by molar-refractivity contribution is 7.09. The molecule has 1 aromatic heterocycles. The molecule has 0 spiro atoms. The first-order chi connectivity index (χ1) is 12.7. The van der Waals surface area contributed by atoms with E-state index < -0.39 is 6.10 Å². The first-order valence-electron chi connectivity index (χ1n) is 8.73. The fourth-order valence-electron chi connectivity index (χ4n) is 3.11. The number of hydrogen-bond acceptors (Lipinski definition) is 4. The third-order valence-electron chi connectivity index (χ3n) is 4.52. The van der Waals surface area contributed by atoms with Crippen molar-refractivity contribution < 1.29 is 9.53 Å². The van der Waals surface area contributed by atoms with Gasteiger partial charge in [-0.25, -0.2) is 4.98 Å². The van der Waals surface area contributed by atoms with Crippen LogP contribution < -0.4 is 10.1 Å². The summed E-state index contributed by atoms with van der Waals surface area (Å²) in [4.78, 5) is 16.8. The molecular weight excluding hydrogens is 344 g/mol. The zero-order valence-electron chi connectivity index (χ0n) is 14.6. The molecule has 0 saturated heterocycles. The standard InChI is InChI=1S/C21H20N2O2S/c1-14-23-18(13-26-14)16-8-6-15(7-9-16)10-11-22-21(24)20-12-17-4-2-3-5-19(17)25-20/h2-9,13,20H,10-12H2,1H3,(H,22,24). The van der Waals surface area contributed by atoms with Gasteiger partial charge in [0, 0.05) is 23.9 Å². The largest absolute Gasteiger partial charge is 0.480 e. The van der Waals surface area contributed by atoms with Gasteiger partial charge in [-0.15, -0.1) is 11.3 Å². The van der Waals surface area contributed by atoms with Gasteiger partial charge in [0.1, 0.15) is 5.75 Å². The molecule has 132 valence electrons. The Bertz CT molecular complexity index is 893. The number of aryl methyl sites for hydroxylation is 1. The van der Waals surface area contributed by atoms with E-state index in [1.165, 1.54) is 5.56 Å². The van der Waals surface area contributed by atoms with Crippen LogP contribution in [0.15, 0.2) is 53.9 Å². The topological polar surface area (TPSA) is 51.2 Å². The molecule has 4 rings (SSSR count). The van der Waals surface area contributed by atoms with Crippen LogP contribution in [-0.2, 0) is 17.6 Å². The lowest BCUT2D eigenvalue weighted by atomic mass is 10.1. The summed E-state index contributed by atoms with van der Waals surface area (Å²) in [5, 5.41) is 6.13. The third kappa shape index (κ3) is 3.63. The van der Waals surface area contributed by atoms with Gasteiger partial charge in [0.05, 0.1) is 10.7 Å². The van der Waals surface area contributed by atoms with E-state index >= 15 is 0 Å². The van der Waals surface area contributed by atoms with Crippen molar-refractivity contribution in [1.29, 1.82) is 0 Å². The number of rotatable bonds is 5. The fourth-order valence-corrected chi connectivity index (χ4v) is 3.73. The molecule has 1 N–H and O–H groups in total. The Morgan fingerprint density at radius 3 is 2.77 bits per heavy atom. The fraction of sp³-hybridized carbons (Fsp3) is 0.238. The minimum absolute atomic E-state index is 0.0456. The number of carbonyl (C=O) groups excluding carboxylic acids is 1. The average molecular weight is 364 g/mol. The van der Waals surface area contributed by atoms with E-state index in [-0.39, 0.29) is 5.91 Å². The highest BCUT2D eigenvalue weighted by Crippen LogP contribution is 2.28. The quantitative estimate of drug-likeness (QED) is 0.750. The summed E-state index contributed by atoms with van der Waals surface area (Å²) in [5.41, 5.74) is 4.43. The van der Waals surface area contributed by atoms with Gasteiger partial charge < -0.3 is 10.1 Å². The summed E-state index contributed by atoms with van der Waals surface area (Å²) in [7, 11) is 0. The van der Waals surface area contributed by atoms with E-state index in [1.807, 2.05) is 31.2 Å². The molecule has 5 heteroatoms. The highest BCUT2D eigenvalue weighted by atomic mass is 32.1. The van der Waals surface area contributed by atoms with E-state index in [0.29, 0.717) is 13.0 Å². The summed E-state index contributed by atoms with van der Waals surface area (Å²) in [6.07, 6.45) is 1.02. The van der Waals surface area contributed by atoms with E-state index in [0.717, 1.165) is 34.0 Å². The van der Waals surface area contributed by atoms with Gasteiger partial charge in [0.15, 0.2) is 6.10 Å². The number of hydrogen-bond donors (Lipinski definition) is 1. The second-order valence-electron chi connectivity index (χ2n) is 6.41. The molecule has 1 amide bonds. The van der Waals surface area contributed by atoms with E-state index in [4.69, 9.17) is 4.74 Å². The molecule has 26 heavy (non-hydrogen) atoms. The smallest absolute Gasteiger partial charge is 0.261 e. The van der Waals surface area contributed by atoms with Crippen LogP contribution in [0.3, 0.4) is 0 Å². The second-order valence-corrected chi connectivity index (χ2v) is 7.47. The molecular formula is C21H20N2O2S. The number of carbonyl (C=O) groups is 1. The molecule has 2 heterocycles. The third-order valence-corrected chi connectivity index (χ3v) is 5.29. The van der Waals surface area contributed by atoms with Gasteiger partial charge in [0.25, 0.3) is 5.91 Å². The molecule has 0 saturated carbocycles. The first kappa shape index (κ1) is 16.8. The second kappa shape index (κ2) is 7.30. The Morgan fingerprint density at radius 2 is 2.04 bits per heavy atom. The van der Waals surface area contributed by atoms with Crippen molar-refractivity contribution >= 4 is 17.2 Å². The zero-order valence-corrected chi connectivity index (χ0v) is 15.4. The molecule has 1 atom stereocenters. The molecule has 2 aromatic carbocycles. The Balaban J connectivity index is 1.28. The number of nitrogens with zero attached hydrogens (tertiary/aromatic N) is 1. The van der Waals surface area contributed by atoms with Crippen LogP contribution in [0.25, 0.3) is 11.3 Å². The molecule has 1 unspecified atom stereocenters. The van der Waals surface area contributed by atoms with Crippen LogP contribution in [0.1, 0.15) is 16.1 Å². The molecule has 4 nitrogen and oxygen atoms in total. The average Bonchev–Trinajstić information content (AvgIpc) is 3.28. The summed E-state index contributed by atoms with van der Waals surface area (Å²) in [5.74, 6) is 0.774. The van der Waals surface area contributed by atoms with Crippen LogP contribution in [-0.4, -0.2) is 23.5 Å². The zero-order chi connectivity index (χ0) is 17.9. The highest BCUT2D eigenvalue weighted by Gasteiger charge is 2.28. The van der Waals surface area contributed by atoms with Crippen LogP contribution in [0.4, 0.5) is 0 Å². The summed E-state index contributed by atoms with van der Waals surface area (Å²) in [6, 6.07) is 16.2. The minimum atomic E-state index is -0.414. The number of ether oxygens (including phenoxy) is 1. The number of benzene rings is 2. The van der Waals surface area contributed by atoms with Crippen molar-refractivity contribution in [3.8, 4) is 17.0 Å². The van der Waals surface area contributed by atoms with Crippen molar-refractivity contribution in [3.05, 3.63) is 70.0 Å². The monoisotopic (exact) mass is 364 g/mol. The minimum Gasteiger partial charge on any atom is -0.480 e. The lowest BCUT2D eigenvalue weighted by Gasteiger charge is -2.11.